The van der Waals surface area contributed by atoms with E-state index >= 15 is 0 Å². The van der Waals surface area contributed by atoms with Gasteiger partial charge in [-0.15, -0.1) is 0 Å². The molecule has 4 rings (SSSR count). The zero-order valence-electron chi connectivity index (χ0n) is 21.6. The number of ether oxygens (including phenoxy) is 1. The zero-order valence-corrected chi connectivity index (χ0v) is 21.6. The van der Waals surface area contributed by atoms with Crippen LogP contribution in [0.1, 0.15) is 67.2 Å². The third kappa shape index (κ3) is 6.67. The molecule has 196 valence electrons. The van der Waals surface area contributed by atoms with Gasteiger partial charge in [0.25, 0.3) is 11.8 Å². The van der Waals surface area contributed by atoms with Gasteiger partial charge in [-0.25, -0.2) is 4.79 Å². The Balaban J connectivity index is 1.37. The van der Waals surface area contributed by atoms with E-state index in [2.05, 4.69) is 10.6 Å². The molecule has 0 spiro atoms. The standard InChI is InChI=1S/C28H34N4O5/c1-28(2,3)37-27(36)31-16-13-20(14-17-31)29-26(35)22-10-4-5-11-23(22)30-25(34)19-8-6-9-21(18-19)32-15-7-12-24(32)33/h4-6,8-11,18,20H,7,12-17H2,1-3H3,(H,29,35)(H,30,34). The second-order valence-electron chi connectivity index (χ2n) is 10.4. The normalized spacial score (nSPS) is 16.5. The van der Waals surface area contributed by atoms with Crippen molar-refractivity contribution in [3.63, 3.8) is 0 Å². The first kappa shape index (κ1) is 26.2. The molecule has 37 heavy (non-hydrogen) atoms. The molecular weight excluding hydrogens is 472 g/mol. The van der Waals surface area contributed by atoms with Crippen LogP contribution in [0, 0.1) is 0 Å². The van der Waals surface area contributed by atoms with Gasteiger partial charge in [-0.1, -0.05) is 18.2 Å². The summed E-state index contributed by atoms with van der Waals surface area (Å²) < 4.78 is 5.43. The Morgan fingerprint density at radius 2 is 1.68 bits per heavy atom. The predicted molar refractivity (Wildman–Crippen MR) is 141 cm³/mol. The summed E-state index contributed by atoms with van der Waals surface area (Å²) in [5, 5.41) is 5.88. The molecule has 0 bridgehead atoms. The number of nitrogens with zero attached hydrogens (tertiary/aromatic N) is 2. The summed E-state index contributed by atoms with van der Waals surface area (Å²) in [5.74, 6) is -0.598. The van der Waals surface area contributed by atoms with Crippen LogP contribution in [0.4, 0.5) is 16.2 Å². The Bertz CT molecular complexity index is 1180. The Morgan fingerprint density at radius 1 is 0.946 bits per heavy atom. The van der Waals surface area contributed by atoms with E-state index in [1.165, 1.54) is 0 Å². The number of hydrogen-bond donors (Lipinski definition) is 2. The lowest BCUT2D eigenvalue weighted by atomic mass is 10.0. The molecule has 0 saturated carbocycles. The molecule has 2 aliphatic rings. The van der Waals surface area contributed by atoms with Crippen LogP contribution in [0.15, 0.2) is 48.5 Å². The molecular formula is C28H34N4O5. The number of hydrogen-bond acceptors (Lipinski definition) is 5. The van der Waals surface area contributed by atoms with Gasteiger partial charge in [-0.3, -0.25) is 14.4 Å². The van der Waals surface area contributed by atoms with E-state index in [1.807, 2.05) is 26.8 Å². The fourth-order valence-electron chi connectivity index (χ4n) is 4.52. The van der Waals surface area contributed by atoms with Gasteiger partial charge in [0.15, 0.2) is 0 Å². The Labute approximate surface area is 217 Å². The average molecular weight is 507 g/mol. The summed E-state index contributed by atoms with van der Waals surface area (Å²) in [6.07, 6.45) is 2.20. The van der Waals surface area contributed by atoms with E-state index in [9.17, 15) is 19.2 Å². The van der Waals surface area contributed by atoms with Gasteiger partial charge in [0.2, 0.25) is 5.91 Å². The second kappa shape index (κ2) is 11.0. The molecule has 2 aromatic rings. The van der Waals surface area contributed by atoms with E-state index in [0.717, 1.165) is 6.42 Å². The van der Waals surface area contributed by atoms with Crippen molar-refractivity contribution in [3.05, 3.63) is 59.7 Å². The van der Waals surface area contributed by atoms with Crippen LogP contribution in [-0.4, -0.2) is 60.0 Å². The molecule has 0 atom stereocenters. The van der Waals surface area contributed by atoms with E-state index < -0.39 is 5.60 Å². The predicted octanol–water partition coefficient (Wildman–Crippen LogP) is 4.20. The molecule has 9 nitrogen and oxygen atoms in total. The smallest absolute Gasteiger partial charge is 0.410 e. The molecule has 0 radical (unpaired) electrons. The van der Waals surface area contributed by atoms with Crippen molar-refractivity contribution in [2.45, 2.75) is 58.1 Å². The molecule has 2 aromatic carbocycles. The fraction of sp³-hybridized carbons (Fsp3) is 0.429. The summed E-state index contributed by atoms with van der Waals surface area (Å²) in [5.41, 5.74) is 1.31. The first-order valence-electron chi connectivity index (χ1n) is 12.7. The number of nitrogens with one attached hydrogen (secondary N) is 2. The lowest BCUT2D eigenvalue weighted by Crippen LogP contribution is -2.47. The molecule has 9 heteroatoms. The third-order valence-corrected chi connectivity index (χ3v) is 6.40. The molecule has 4 amide bonds. The highest BCUT2D eigenvalue weighted by Gasteiger charge is 2.28. The van der Waals surface area contributed by atoms with Crippen molar-refractivity contribution in [1.82, 2.24) is 10.2 Å². The number of piperidine rings is 1. The van der Waals surface area contributed by atoms with Crippen LogP contribution in [-0.2, 0) is 9.53 Å². The average Bonchev–Trinajstić information content (AvgIpc) is 3.29. The maximum atomic E-state index is 13.1. The van der Waals surface area contributed by atoms with Gasteiger partial charge in [-0.2, -0.15) is 0 Å². The number of anilines is 2. The quantitative estimate of drug-likeness (QED) is 0.632. The number of amides is 4. The topological polar surface area (TPSA) is 108 Å². The maximum absolute atomic E-state index is 13.1. The van der Waals surface area contributed by atoms with E-state index in [0.29, 0.717) is 61.4 Å². The van der Waals surface area contributed by atoms with Gasteiger partial charge >= 0.3 is 6.09 Å². The summed E-state index contributed by atoms with van der Waals surface area (Å²) in [4.78, 5) is 53.9. The molecule has 2 N–H and O–H groups in total. The number of para-hydroxylation sites is 1. The van der Waals surface area contributed by atoms with Crippen LogP contribution in [0.3, 0.4) is 0 Å². The molecule has 0 aliphatic carbocycles. The molecule has 2 fully saturated rings. The number of likely N-dealkylation sites (tertiary alicyclic amines) is 1. The first-order chi connectivity index (χ1) is 17.6. The molecule has 0 unspecified atom stereocenters. The van der Waals surface area contributed by atoms with Crippen molar-refractivity contribution < 1.29 is 23.9 Å². The largest absolute Gasteiger partial charge is 0.444 e. The van der Waals surface area contributed by atoms with Crippen molar-refractivity contribution in [2.75, 3.05) is 29.9 Å². The number of rotatable bonds is 5. The monoisotopic (exact) mass is 506 g/mol. The SMILES string of the molecule is CC(C)(C)OC(=O)N1CCC(NC(=O)c2ccccc2NC(=O)c2cccc(N3CCCC3=O)c2)CC1. The fourth-order valence-corrected chi connectivity index (χ4v) is 4.52. The second-order valence-corrected chi connectivity index (χ2v) is 10.4. The van der Waals surface area contributed by atoms with Crippen LogP contribution in [0.2, 0.25) is 0 Å². The van der Waals surface area contributed by atoms with Crippen molar-refractivity contribution in [1.29, 1.82) is 0 Å². The minimum absolute atomic E-state index is 0.0523. The lowest BCUT2D eigenvalue weighted by Gasteiger charge is -2.33. The Hall–Kier alpha value is -3.88. The molecule has 2 saturated heterocycles. The highest BCUT2D eigenvalue weighted by molar-refractivity contribution is 6.09. The van der Waals surface area contributed by atoms with Gasteiger partial charge in [0.05, 0.1) is 11.3 Å². The Morgan fingerprint density at radius 3 is 2.35 bits per heavy atom. The van der Waals surface area contributed by atoms with Gasteiger partial charge in [0.1, 0.15) is 5.60 Å². The minimum atomic E-state index is -0.552. The molecule has 0 aromatic heterocycles. The highest BCUT2D eigenvalue weighted by Crippen LogP contribution is 2.24. The summed E-state index contributed by atoms with van der Waals surface area (Å²) >= 11 is 0. The molecule has 2 aliphatic heterocycles. The highest BCUT2D eigenvalue weighted by atomic mass is 16.6. The van der Waals surface area contributed by atoms with E-state index in [-0.39, 0.29) is 29.9 Å². The minimum Gasteiger partial charge on any atom is -0.444 e. The summed E-state index contributed by atoms with van der Waals surface area (Å²) in [7, 11) is 0. The maximum Gasteiger partial charge on any atom is 0.410 e. The first-order valence-corrected chi connectivity index (χ1v) is 12.7. The number of carbonyl (C=O) groups excluding carboxylic acids is 4. The van der Waals surface area contributed by atoms with Crippen LogP contribution in [0.5, 0.6) is 0 Å². The van der Waals surface area contributed by atoms with Crippen molar-refractivity contribution in [2.24, 2.45) is 0 Å². The summed E-state index contributed by atoms with van der Waals surface area (Å²) in [6.45, 7) is 7.13. The molecule has 2 heterocycles. The van der Waals surface area contributed by atoms with Crippen molar-refractivity contribution in [3.8, 4) is 0 Å². The van der Waals surface area contributed by atoms with Crippen LogP contribution < -0.4 is 15.5 Å². The Kier molecular flexibility index (Phi) is 7.80. The van der Waals surface area contributed by atoms with Crippen LogP contribution >= 0.6 is 0 Å². The summed E-state index contributed by atoms with van der Waals surface area (Å²) in [6, 6.07) is 13.7. The third-order valence-electron chi connectivity index (χ3n) is 6.40. The number of carbonyl (C=O) groups is 4. The number of benzene rings is 2. The zero-order chi connectivity index (χ0) is 26.6. The van der Waals surface area contributed by atoms with Gasteiger partial charge in [-0.05, 0) is 70.4 Å². The van der Waals surface area contributed by atoms with Gasteiger partial charge in [0, 0.05) is 43.3 Å². The lowest BCUT2D eigenvalue weighted by molar-refractivity contribution is -0.117. The van der Waals surface area contributed by atoms with Crippen LogP contribution in [0.25, 0.3) is 0 Å². The van der Waals surface area contributed by atoms with E-state index in [4.69, 9.17) is 4.74 Å². The van der Waals surface area contributed by atoms with E-state index in [1.54, 1.807) is 52.3 Å². The van der Waals surface area contributed by atoms with Gasteiger partial charge < -0.3 is 25.2 Å². The van der Waals surface area contributed by atoms with Crippen molar-refractivity contribution >= 4 is 35.2 Å².